The highest BCUT2D eigenvalue weighted by Gasteiger charge is 2.21. The van der Waals surface area contributed by atoms with Crippen LogP contribution in [0.25, 0.3) is 11.0 Å². The smallest absolute Gasteiger partial charge is 0.251 e. The monoisotopic (exact) mass is 393 g/mol. The third-order valence-electron chi connectivity index (χ3n) is 5.29. The summed E-state index contributed by atoms with van der Waals surface area (Å²) in [6.45, 7) is 5.33. The Balaban J connectivity index is 1.45. The number of para-hydroxylation sites is 2. The number of aromatic nitrogens is 2. The van der Waals surface area contributed by atoms with Crippen LogP contribution in [0.3, 0.4) is 0 Å². The number of aromatic amines is 1. The highest BCUT2D eigenvalue weighted by Crippen LogP contribution is 2.31. The van der Waals surface area contributed by atoms with E-state index in [9.17, 15) is 4.79 Å². The van der Waals surface area contributed by atoms with Gasteiger partial charge in [0.15, 0.2) is 11.5 Å². The number of benzene rings is 2. The van der Waals surface area contributed by atoms with Gasteiger partial charge in [-0.25, -0.2) is 4.98 Å². The Hall–Kier alpha value is -3.02. The van der Waals surface area contributed by atoms with Crippen molar-refractivity contribution in [1.82, 2.24) is 15.3 Å². The van der Waals surface area contributed by atoms with Crippen LogP contribution in [0.2, 0.25) is 0 Å². The van der Waals surface area contributed by atoms with E-state index in [4.69, 9.17) is 14.5 Å². The van der Waals surface area contributed by atoms with Crippen molar-refractivity contribution in [2.45, 2.75) is 45.1 Å². The molecule has 0 radical (unpaired) electrons. The Labute approximate surface area is 170 Å². The molecule has 29 heavy (non-hydrogen) atoms. The van der Waals surface area contributed by atoms with Crippen LogP contribution in [-0.2, 0) is 0 Å². The van der Waals surface area contributed by atoms with Gasteiger partial charge in [-0.15, -0.1) is 0 Å². The number of ether oxygens (including phenoxy) is 2. The number of rotatable bonds is 7. The second-order valence-corrected chi connectivity index (χ2v) is 7.59. The maximum Gasteiger partial charge on any atom is 0.251 e. The van der Waals surface area contributed by atoms with Crippen molar-refractivity contribution in [2.24, 2.45) is 0 Å². The van der Waals surface area contributed by atoms with Gasteiger partial charge in [-0.1, -0.05) is 32.4 Å². The van der Waals surface area contributed by atoms with Crippen LogP contribution in [0.15, 0.2) is 42.5 Å². The van der Waals surface area contributed by atoms with E-state index in [0.717, 1.165) is 36.1 Å². The fraction of sp³-hybridized carbons (Fsp3) is 0.391. The molecule has 3 aromatic rings. The van der Waals surface area contributed by atoms with E-state index in [1.54, 1.807) is 18.2 Å². The van der Waals surface area contributed by atoms with Crippen molar-refractivity contribution in [3.05, 3.63) is 53.9 Å². The van der Waals surface area contributed by atoms with Crippen LogP contribution in [-0.4, -0.2) is 35.1 Å². The molecule has 0 fully saturated rings. The van der Waals surface area contributed by atoms with E-state index in [2.05, 4.69) is 24.1 Å². The number of hydrogen-bond acceptors (Lipinski definition) is 4. The Morgan fingerprint density at radius 2 is 1.97 bits per heavy atom. The molecule has 0 aliphatic carbocycles. The zero-order valence-electron chi connectivity index (χ0n) is 16.9. The standard InChI is InChI=1S/C23H27N3O3/c1-3-6-17(13-15(2)22-25-18-7-4-5-8-19(18)26-22)24-23(27)16-9-10-20-21(14-16)29-12-11-28-20/h4-5,7-10,14-15,17H,3,6,11-13H2,1-2H3,(H,24,27)(H,25,26)/t15-,17?/m1/s1. The van der Waals surface area contributed by atoms with Crippen LogP contribution >= 0.6 is 0 Å². The van der Waals surface area contributed by atoms with Gasteiger partial charge in [0.1, 0.15) is 19.0 Å². The highest BCUT2D eigenvalue weighted by molar-refractivity contribution is 5.95. The van der Waals surface area contributed by atoms with Crippen LogP contribution < -0.4 is 14.8 Å². The summed E-state index contributed by atoms with van der Waals surface area (Å²) in [4.78, 5) is 21.0. The zero-order valence-corrected chi connectivity index (χ0v) is 16.9. The molecule has 0 saturated heterocycles. The average Bonchev–Trinajstić information content (AvgIpc) is 3.18. The minimum atomic E-state index is -0.0859. The fourth-order valence-corrected chi connectivity index (χ4v) is 3.80. The summed E-state index contributed by atoms with van der Waals surface area (Å²) in [5, 5.41) is 3.20. The maximum atomic E-state index is 12.8. The van der Waals surface area contributed by atoms with Gasteiger partial charge in [-0.05, 0) is 43.2 Å². The predicted octanol–water partition coefficient (Wildman–Crippen LogP) is 4.43. The number of fused-ring (bicyclic) bond motifs is 2. The topological polar surface area (TPSA) is 76.2 Å². The third kappa shape index (κ3) is 4.36. The lowest BCUT2D eigenvalue weighted by molar-refractivity contribution is 0.0930. The number of H-pyrrole nitrogens is 1. The molecule has 1 amide bonds. The van der Waals surface area contributed by atoms with Crippen LogP contribution in [0.4, 0.5) is 0 Å². The molecule has 6 nitrogen and oxygen atoms in total. The first-order valence-electron chi connectivity index (χ1n) is 10.3. The molecular formula is C23H27N3O3. The molecule has 0 bridgehead atoms. The van der Waals surface area contributed by atoms with E-state index >= 15 is 0 Å². The van der Waals surface area contributed by atoms with Gasteiger partial charge < -0.3 is 19.8 Å². The Morgan fingerprint density at radius 3 is 2.76 bits per heavy atom. The summed E-state index contributed by atoms with van der Waals surface area (Å²) in [5.41, 5.74) is 2.61. The number of imidazole rings is 1. The first-order chi connectivity index (χ1) is 14.1. The third-order valence-corrected chi connectivity index (χ3v) is 5.29. The number of nitrogens with zero attached hydrogens (tertiary/aromatic N) is 1. The summed E-state index contributed by atoms with van der Waals surface area (Å²) in [5.74, 6) is 2.40. The van der Waals surface area contributed by atoms with E-state index in [0.29, 0.717) is 30.3 Å². The molecule has 2 N–H and O–H groups in total. The lowest BCUT2D eigenvalue weighted by Crippen LogP contribution is -2.36. The van der Waals surface area contributed by atoms with E-state index in [1.807, 2.05) is 24.3 Å². The summed E-state index contributed by atoms with van der Waals surface area (Å²) < 4.78 is 11.1. The van der Waals surface area contributed by atoms with Gasteiger partial charge in [0.05, 0.1) is 11.0 Å². The molecule has 1 aromatic heterocycles. The Kier molecular flexibility index (Phi) is 5.69. The van der Waals surface area contributed by atoms with E-state index in [1.165, 1.54) is 0 Å². The first-order valence-corrected chi connectivity index (χ1v) is 10.3. The minimum absolute atomic E-state index is 0.0731. The second-order valence-electron chi connectivity index (χ2n) is 7.59. The lowest BCUT2D eigenvalue weighted by atomic mass is 9.97. The summed E-state index contributed by atoms with van der Waals surface area (Å²) >= 11 is 0. The molecule has 1 aliphatic heterocycles. The van der Waals surface area contributed by atoms with Gasteiger partial charge in [0.2, 0.25) is 0 Å². The predicted molar refractivity (Wildman–Crippen MR) is 113 cm³/mol. The average molecular weight is 393 g/mol. The molecule has 0 spiro atoms. The summed E-state index contributed by atoms with van der Waals surface area (Å²) in [7, 11) is 0. The molecule has 1 aliphatic rings. The van der Waals surface area contributed by atoms with Crippen molar-refractivity contribution in [1.29, 1.82) is 0 Å². The number of carbonyl (C=O) groups is 1. The van der Waals surface area contributed by atoms with E-state index < -0.39 is 0 Å². The Morgan fingerprint density at radius 1 is 1.17 bits per heavy atom. The second kappa shape index (κ2) is 8.55. The Bertz CT molecular complexity index is 965. The van der Waals surface area contributed by atoms with Gasteiger partial charge >= 0.3 is 0 Å². The number of carbonyl (C=O) groups excluding carboxylic acids is 1. The highest BCUT2D eigenvalue weighted by atomic mass is 16.6. The summed E-state index contributed by atoms with van der Waals surface area (Å²) in [6, 6.07) is 13.5. The van der Waals surface area contributed by atoms with Crippen LogP contribution in [0, 0.1) is 0 Å². The molecule has 2 aromatic carbocycles. The molecule has 2 atom stereocenters. The number of hydrogen-bond donors (Lipinski definition) is 2. The first kappa shape index (κ1) is 19.3. The van der Waals surface area contributed by atoms with Crippen molar-refractivity contribution >= 4 is 16.9 Å². The molecule has 6 heteroatoms. The van der Waals surface area contributed by atoms with Gasteiger partial charge in [0, 0.05) is 17.5 Å². The largest absolute Gasteiger partial charge is 0.486 e. The fourth-order valence-electron chi connectivity index (χ4n) is 3.80. The maximum absolute atomic E-state index is 12.8. The van der Waals surface area contributed by atoms with Crippen molar-refractivity contribution < 1.29 is 14.3 Å². The molecule has 4 rings (SSSR count). The van der Waals surface area contributed by atoms with Gasteiger partial charge in [-0.3, -0.25) is 4.79 Å². The van der Waals surface area contributed by atoms with Gasteiger partial charge in [0.25, 0.3) is 5.91 Å². The quantitative estimate of drug-likeness (QED) is 0.623. The van der Waals surface area contributed by atoms with Crippen molar-refractivity contribution in [2.75, 3.05) is 13.2 Å². The van der Waals surface area contributed by atoms with Crippen molar-refractivity contribution in [3.63, 3.8) is 0 Å². The SMILES string of the molecule is CCCC(C[C@@H](C)c1nc2ccccc2[nH]1)NC(=O)c1ccc2c(c1)OCCO2. The molecule has 0 saturated carbocycles. The molecule has 2 heterocycles. The molecular weight excluding hydrogens is 366 g/mol. The number of nitrogens with one attached hydrogen (secondary N) is 2. The number of amides is 1. The molecule has 1 unspecified atom stereocenters. The minimum Gasteiger partial charge on any atom is -0.486 e. The van der Waals surface area contributed by atoms with Crippen LogP contribution in [0.5, 0.6) is 11.5 Å². The normalized spacial score (nSPS) is 15.1. The van der Waals surface area contributed by atoms with Crippen LogP contribution in [0.1, 0.15) is 55.2 Å². The summed E-state index contributed by atoms with van der Waals surface area (Å²) in [6.07, 6.45) is 2.74. The van der Waals surface area contributed by atoms with Crippen molar-refractivity contribution in [3.8, 4) is 11.5 Å². The van der Waals surface area contributed by atoms with Gasteiger partial charge in [-0.2, -0.15) is 0 Å². The van der Waals surface area contributed by atoms with E-state index in [-0.39, 0.29) is 17.9 Å². The zero-order chi connectivity index (χ0) is 20.2. The lowest BCUT2D eigenvalue weighted by Gasteiger charge is -2.22. The molecule has 152 valence electrons.